The zero-order valence-corrected chi connectivity index (χ0v) is 11.4. The average Bonchev–Trinajstić information content (AvgIpc) is 2.89. The maximum atomic E-state index is 11.8. The summed E-state index contributed by atoms with van der Waals surface area (Å²) in [5, 5.41) is 12.1. The Hall–Kier alpha value is -1.10. The molecule has 5 heteroatoms. The lowest BCUT2D eigenvalue weighted by atomic mass is 9.98. The van der Waals surface area contributed by atoms with Gasteiger partial charge in [-0.2, -0.15) is 0 Å². The van der Waals surface area contributed by atoms with Gasteiger partial charge in [-0.25, -0.2) is 0 Å². The summed E-state index contributed by atoms with van der Waals surface area (Å²) in [6.45, 7) is 2.19. The summed E-state index contributed by atoms with van der Waals surface area (Å²) in [6.07, 6.45) is 6.83. The summed E-state index contributed by atoms with van der Waals surface area (Å²) in [6, 6.07) is 0.376. The van der Waals surface area contributed by atoms with E-state index in [-0.39, 0.29) is 11.8 Å². The second kappa shape index (κ2) is 6.89. The molecule has 1 aliphatic carbocycles. The number of likely N-dealkylation sites (tertiary alicyclic amines) is 1. The van der Waals surface area contributed by atoms with Crippen molar-refractivity contribution in [2.24, 2.45) is 5.92 Å². The third kappa shape index (κ3) is 4.49. The molecule has 19 heavy (non-hydrogen) atoms. The number of amides is 1. The molecule has 1 saturated carbocycles. The Morgan fingerprint density at radius 3 is 2.58 bits per heavy atom. The second-order valence-electron chi connectivity index (χ2n) is 5.78. The van der Waals surface area contributed by atoms with Crippen LogP contribution in [0.25, 0.3) is 0 Å². The number of carboxylic acid groups (broad SMARTS) is 1. The Balaban J connectivity index is 1.66. The van der Waals surface area contributed by atoms with Gasteiger partial charge < -0.3 is 15.3 Å². The fraction of sp³-hybridized carbons (Fsp3) is 0.857. The minimum Gasteiger partial charge on any atom is -0.481 e. The SMILES string of the molecule is O=C(CCN1CCCC(C(=O)O)C1)NC1CCCC1. The maximum absolute atomic E-state index is 11.8. The van der Waals surface area contributed by atoms with E-state index in [1.165, 1.54) is 12.8 Å². The Morgan fingerprint density at radius 2 is 1.89 bits per heavy atom. The highest BCUT2D eigenvalue weighted by atomic mass is 16.4. The molecule has 1 heterocycles. The number of rotatable bonds is 5. The van der Waals surface area contributed by atoms with Crippen LogP contribution in [-0.2, 0) is 9.59 Å². The van der Waals surface area contributed by atoms with Crippen LogP contribution in [0.5, 0.6) is 0 Å². The molecular weight excluding hydrogens is 244 g/mol. The van der Waals surface area contributed by atoms with Crippen molar-refractivity contribution in [1.29, 1.82) is 0 Å². The molecule has 0 radical (unpaired) electrons. The molecule has 108 valence electrons. The Morgan fingerprint density at radius 1 is 1.16 bits per heavy atom. The van der Waals surface area contributed by atoms with E-state index in [9.17, 15) is 9.59 Å². The summed E-state index contributed by atoms with van der Waals surface area (Å²) in [5.74, 6) is -0.851. The Labute approximate surface area is 114 Å². The van der Waals surface area contributed by atoms with E-state index in [4.69, 9.17) is 5.11 Å². The predicted octanol–water partition coefficient (Wildman–Crippen LogP) is 1.23. The maximum Gasteiger partial charge on any atom is 0.307 e. The Bertz CT molecular complexity index is 327. The number of piperidine rings is 1. The number of aliphatic carboxylic acids is 1. The molecule has 1 aliphatic heterocycles. The number of nitrogens with one attached hydrogen (secondary N) is 1. The van der Waals surface area contributed by atoms with Gasteiger partial charge in [-0.3, -0.25) is 9.59 Å². The molecule has 1 atom stereocenters. The van der Waals surface area contributed by atoms with Gasteiger partial charge in [-0.05, 0) is 32.2 Å². The molecule has 2 fully saturated rings. The van der Waals surface area contributed by atoms with Gasteiger partial charge in [-0.1, -0.05) is 12.8 Å². The number of nitrogens with zero attached hydrogens (tertiary/aromatic N) is 1. The van der Waals surface area contributed by atoms with Gasteiger partial charge in [0.15, 0.2) is 0 Å². The fourth-order valence-electron chi connectivity index (χ4n) is 3.09. The monoisotopic (exact) mass is 268 g/mol. The molecule has 5 nitrogen and oxygen atoms in total. The highest BCUT2D eigenvalue weighted by molar-refractivity contribution is 5.76. The van der Waals surface area contributed by atoms with Crippen molar-refractivity contribution in [3.8, 4) is 0 Å². The van der Waals surface area contributed by atoms with E-state index < -0.39 is 5.97 Å². The van der Waals surface area contributed by atoms with Crippen LogP contribution < -0.4 is 5.32 Å². The molecule has 1 amide bonds. The summed E-state index contributed by atoms with van der Waals surface area (Å²) < 4.78 is 0. The van der Waals surface area contributed by atoms with Crippen LogP contribution in [0.1, 0.15) is 44.9 Å². The fourth-order valence-corrected chi connectivity index (χ4v) is 3.09. The summed E-state index contributed by atoms with van der Waals surface area (Å²) in [5.41, 5.74) is 0. The van der Waals surface area contributed by atoms with Crippen molar-refractivity contribution in [3.63, 3.8) is 0 Å². The zero-order valence-electron chi connectivity index (χ0n) is 11.4. The van der Waals surface area contributed by atoms with Crippen LogP contribution in [0.2, 0.25) is 0 Å². The van der Waals surface area contributed by atoms with E-state index in [1.807, 2.05) is 0 Å². The number of carbonyl (C=O) groups excluding carboxylic acids is 1. The number of carboxylic acids is 1. The van der Waals surface area contributed by atoms with Gasteiger partial charge in [0.1, 0.15) is 0 Å². The minimum absolute atomic E-state index is 0.115. The molecule has 0 spiro atoms. The lowest BCUT2D eigenvalue weighted by Gasteiger charge is -2.30. The smallest absolute Gasteiger partial charge is 0.307 e. The van der Waals surface area contributed by atoms with E-state index >= 15 is 0 Å². The zero-order chi connectivity index (χ0) is 13.7. The first-order valence-electron chi connectivity index (χ1n) is 7.39. The van der Waals surface area contributed by atoms with E-state index in [2.05, 4.69) is 10.2 Å². The second-order valence-corrected chi connectivity index (χ2v) is 5.78. The molecule has 1 saturated heterocycles. The van der Waals surface area contributed by atoms with Crippen molar-refractivity contribution in [2.45, 2.75) is 51.0 Å². The van der Waals surface area contributed by atoms with Gasteiger partial charge in [0.05, 0.1) is 5.92 Å². The molecular formula is C14H24N2O3. The molecule has 2 aliphatic rings. The van der Waals surface area contributed by atoms with Gasteiger partial charge >= 0.3 is 5.97 Å². The van der Waals surface area contributed by atoms with Crippen molar-refractivity contribution < 1.29 is 14.7 Å². The predicted molar refractivity (Wildman–Crippen MR) is 71.8 cm³/mol. The van der Waals surface area contributed by atoms with Gasteiger partial charge in [0, 0.05) is 25.6 Å². The third-order valence-electron chi connectivity index (χ3n) is 4.23. The molecule has 2 rings (SSSR count). The van der Waals surface area contributed by atoms with Crippen molar-refractivity contribution in [1.82, 2.24) is 10.2 Å². The van der Waals surface area contributed by atoms with E-state index in [1.54, 1.807) is 0 Å². The average molecular weight is 268 g/mol. The molecule has 0 aromatic carbocycles. The third-order valence-corrected chi connectivity index (χ3v) is 4.23. The van der Waals surface area contributed by atoms with Crippen LogP contribution in [0.4, 0.5) is 0 Å². The van der Waals surface area contributed by atoms with Crippen molar-refractivity contribution >= 4 is 11.9 Å². The minimum atomic E-state index is -0.708. The van der Waals surface area contributed by atoms with Crippen LogP contribution in [0.15, 0.2) is 0 Å². The largest absolute Gasteiger partial charge is 0.481 e. The highest BCUT2D eigenvalue weighted by Crippen LogP contribution is 2.18. The van der Waals surface area contributed by atoms with Crippen LogP contribution in [0, 0.1) is 5.92 Å². The summed E-state index contributed by atoms with van der Waals surface area (Å²) in [7, 11) is 0. The van der Waals surface area contributed by atoms with Crippen molar-refractivity contribution in [3.05, 3.63) is 0 Å². The van der Waals surface area contributed by atoms with Crippen LogP contribution in [0.3, 0.4) is 0 Å². The Kier molecular flexibility index (Phi) is 5.19. The van der Waals surface area contributed by atoms with E-state index in [0.29, 0.717) is 25.6 Å². The van der Waals surface area contributed by atoms with Crippen LogP contribution >= 0.6 is 0 Å². The summed E-state index contributed by atoms with van der Waals surface area (Å²) in [4.78, 5) is 24.9. The molecule has 1 unspecified atom stereocenters. The van der Waals surface area contributed by atoms with Gasteiger partial charge in [0.25, 0.3) is 0 Å². The molecule has 0 bridgehead atoms. The number of carbonyl (C=O) groups is 2. The first kappa shape index (κ1) is 14.3. The highest BCUT2D eigenvalue weighted by Gasteiger charge is 2.25. The van der Waals surface area contributed by atoms with Crippen molar-refractivity contribution in [2.75, 3.05) is 19.6 Å². The topological polar surface area (TPSA) is 69.6 Å². The van der Waals surface area contributed by atoms with Gasteiger partial charge in [-0.15, -0.1) is 0 Å². The first-order valence-corrected chi connectivity index (χ1v) is 7.39. The lowest BCUT2D eigenvalue weighted by Crippen LogP contribution is -2.41. The molecule has 0 aromatic heterocycles. The van der Waals surface area contributed by atoms with Crippen LogP contribution in [-0.4, -0.2) is 47.6 Å². The quantitative estimate of drug-likeness (QED) is 0.787. The number of hydrogen-bond acceptors (Lipinski definition) is 3. The van der Waals surface area contributed by atoms with Gasteiger partial charge in [0.2, 0.25) is 5.91 Å². The lowest BCUT2D eigenvalue weighted by molar-refractivity contribution is -0.143. The normalized spacial score (nSPS) is 25.4. The molecule has 2 N–H and O–H groups in total. The van der Waals surface area contributed by atoms with E-state index in [0.717, 1.165) is 32.2 Å². The number of hydrogen-bond donors (Lipinski definition) is 2. The molecule has 0 aromatic rings. The summed E-state index contributed by atoms with van der Waals surface area (Å²) >= 11 is 0. The first-order chi connectivity index (χ1) is 9.15. The standard InChI is InChI=1S/C14H24N2O3/c17-13(15-12-5-1-2-6-12)7-9-16-8-3-4-11(10-16)14(18)19/h11-12H,1-10H2,(H,15,17)(H,18,19).